The van der Waals surface area contributed by atoms with E-state index in [1.165, 1.54) is 18.7 Å². The van der Waals surface area contributed by atoms with Crippen molar-refractivity contribution in [3.05, 3.63) is 0 Å². The summed E-state index contributed by atoms with van der Waals surface area (Å²) in [5.41, 5.74) is 0. The van der Waals surface area contributed by atoms with Crippen molar-refractivity contribution in [1.29, 1.82) is 0 Å². The van der Waals surface area contributed by atoms with Gasteiger partial charge in [0, 0.05) is 13.5 Å². The van der Waals surface area contributed by atoms with Gasteiger partial charge in [0.05, 0.1) is 6.42 Å². The molecule has 0 heterocycles. The third kappa shape index (κ3) is 6.60. The molecule has 0 saturated carbocycles. The van der Waals surface area contributed by atoms with E-state index in [0.717, 1.165) is 0 Å². The van der Waals surface area contributed by atoms with Crippen molar-refractivity contribution in [2.24, 2.45) is 0 Å². The highest BCUT2D eigenvalue weighted by molar-refractivity contribution is 8.05. The molecule has 0 aliphatic rings. The molecule has 0 rings (SSSR count). The van der Waals surface area contributed by atoms with E-state index in [-0.39, 0.29) is 13.1 Å². The highest BCUT2D eigenvalue weighted by Gasteiger charge is 2.72. The van der Waals surface area contributed by atoms with Gasteiger partial charge >= 0.3 is 28.6 Å². The molecule has 0 amide bonds. The van der Waals surface area contributed by atoms with Gasteiger partial charge in [-0.15, -0.1) is 0 Å². The van der Waals surface area contributed by atoms with Crippen molar-refractivity contribution in [3.8, 4) is 0 Å². The number of halogens is 9. The van der Waals surface area contributed by atoms with Gasteiger partial charge in [-0.05, 0) is 13.1 Å². The number of nitrogens with one attached hydrogen (secondary N) is 1. The van der Waals surface area contributed by atoms with Gasteiger partial charge in [-0.1, -0.05) is 18.0 Å². The van der Waals surface area contributed by atoms with E-state index < -0.39 is 71.8 Å². The Morgan fingerprint density at radius 3 is 1.62 bits per heavy atom. The number of nitrogens with zero attached hydrogens (tertiary/aromatic N) is 1. The molecule has 0 fully saturated rings. The third-order valence-electron chi connectivity index (χ3n) is 3.82. The van der Waals surface area contributed by atoms with E-state index in [1.807, 2.05) is 0 Å². The van der Waals surface area contributed by atoms with Crippen LogP contribution in [-0.4, -0.2) is 76.1 Å². The molecule has 0 aromatic heterocycles. The maximum absolute atomic E-state index is 14.2. The number of esters is 1. The van der Waals surface area contributed by atoms with E-state index in [0.29, 0.717) is 6.92 Å². The fourth-order valence-electron chi connectivity index (χ4n) is 2.15. The SMILES string of the molecule is CCN(CC)CC(CC(F)(F)C(F)(F)S(=O)(=O)NS(=O)(=O)C(F)(F)C(F)(F)F)OC(C)=O. The van der Waals surface area contributed by atoms with Gasteiger partial charge in [-0.2, -0.15) is 39.5 Å². The number of rotatable bonds is 12. The Bertz CT molecular complexity index is 871. The first-order chi connectivity index (χ1) is 14.0. The largest absolute Gasteiger partial charge is 0.471 e. The van der Waals surface area contributed by atoms with Crippen LogP contribution in [0, 0.1) is 0 Å². The van der Waals surface area contributed by atoms with Crippen LogP contribution in [0.1, 0.15) is 27.2 Å². The van der Waals surface area contributed by atoms with Crippen LogP contribution in [0.3, 0.4) is 0 Å². The standard InChI is InChI=1S/C13H19F9N2O6S2/c1-4-24(5-2)7-9(30-8(3)25)6-10(14,15)12(19,20)31(26,27)23-32(28,29)13(21,22)11(16,17)18/h9,23H,4-7H2,1-3H3. The number of carbonyl (C=O) groups excluding carboxylic acids is 1. The summed E-state index contributed by atoms with van der Waals surface area (Å²) in [6.07, 6.45) is -11.3. The Morgan fingerprint density at radius 1 is 0.875 bits per heavy atom. The topological polar surface area (TPSA) is 110 Å². The fourth-order valence-corrected chi connectivity index (χ4v) is 4.92. The molecule has 32 heavy (non-hydrogen) atoms. The number of hydrogen-bond acceptors (Lipinski definition) is 7. The molecule has 8 nitrogen and oxygen atoms in total. The second-order valence-corrected chi connectivity index (χ2v) is 9.95. The van der Waals surface area contributed by atoms with Gasteiger partial charge in [0.1, 0.15) is 6.10 Å². The van der Waals surface area contributed by atoms with Crippen LogP contribution in [0.2, 0.25) is 0 Å². The summed E-state index contributed by atoms with van der Waals surface area (Å²) in [6, 6.07) is 0. The number of ether oxygens (including phenoxy) is 1. The molecule has 0 aliphatic carbocycles. The van der Waals surface area contributed by atoms with Crippen LogP contribution in [0.15, 0.2) is 0 Å². The Hall–Kier alpha value is -1.34. The lowest BCUT2D eigenvalue weighted by Crippen LogP contribution is -2.58. The lowest BCUT2D eigenvalue weighted by molar-refractivity contribution is -0.241. The molecule has 0 radical (unpaired) electrons. The molecule has 0 aromatic rings. The number of alkyl halides is 9. The number of likely N-dealkylation sites (N-methyl/N-ethyl adjacent to an activating group) is 1. The summed E-state index contributed by atoms with van der Waals surface area (Å²) in [7, 11) is -14.9. The second-order valence-electron chi connectivity index (χ2n) is 6.25. The Kier molecular flexibility index (Phi) is 9.47. The quantitative estimate of drug-likeness (QED) is 0.302. The molecule has 19 heteroatoms. The minimum absolute atomic E-state index is 0.140. The van der Waals surface area contributed by atoms with Crippen LogP contribution in [-0.2, 0) is 29.6 Å². The predicted molar refractivity (Wildman–Crippen MR) is 89.8 cm³/mol. The summed E-state index contributed by atoms with van der Waals surface area (Å²) < 4.78 is 168. The highest BCUT2D eigenvalue weighted by Crippen LogP contribution is 2.44. The first-order valence-electron chi connectivity index (χ1n) is 8.36. The highest BCUT2D eigenvalue weighted by atomic mass is 32.3. The van der Waals surface area contributed by atoms with Crippen molar-refractivity contribution in [1.82, 2.24) is 9.03 Å². The zero-order valence-electron chi connectivity index (χ0n) is 16.5. The maximum atomic E-state index is 14.2. The summed E-state index contributed by atoms with van der Waals surface area (Å²) in [5, 5.41) is -13.4. The number of sulfonamides is 2. The number of hydrogen-bond donors (Lipinski definition) is 1. The van der Waals surface area contributed by atoms with Crippen LogP contribution < -0.4 is 4.13 Å². The van der Waals surface area contributed by atoms with Gasteiger partial charge in [-0.25, -0.2) is 16.8 Å². The van der Waals surface area contributed by atoms with Crippen molar-refractivity contribution in [3.63, 3.8) is 0 Å². The summed E-state index contributed by atoms with van der Waals surface area (Å²) in [6.45, 7) is 3.37. The van der Waals surface area contributed by atoms with Crippen molar-refractivity contribution < 1.29 is 65.9 Å². The summed E-state index contributed by atoms with van der Waals surface area (Å²) >= 11 is 0. The molecule has 0 aliphatic heterocycles. The van der Waals surface area contributed by atoms with Gasteiger partial charge in [0.25, 0.3) is 20.0 Å². The Balaban J connectivity index is 6.08. The van der Waals surface area contributed by atoms with E-state index in [2.05, 4.69) is 4.74 Å². The van der Waals surface area contributed by atoms with Crippen molar-refractivity contribution in [2.75, 3.05) is 19.6 Å². The number of carbonyl (C=O) groups is 1. The predicted octanol–water partition coefficient (Wildman–Crippen LogP) is 2.28. The summed E-state index contributed by atoms with van der Waals surface area (Å²) in [4.78, 5) is 12.4. The first kappa shape index (κ1) is 30.7. The minimum atomic E-state index is -7.50. The zero-order valence-corrected chi connectivity index (χ0v) is 18.2. The van der Waals surface area contributed by atoms with E-state index in [1.54, 1.807) is 0 Å². The van der Waals surface area contributed by atoms with Crippen molar-refractivity contribution >= 4 is 26.0 Å². The second kappa shape index (κ2) is 9.88. The van der Waals surface area contributed by atoms with E-state index in [4.69, 9.17) is 0 Å². The van der Waals surface area contributed by atoms with Crippen molar-refractivity contribution in [2.45, 2.75) is 55.9 Å². The van der Waals surface area contributed by atoms with Gasteiger partial charge < -0.3 is 9.64 Å². The average Bonchev–Trinajstić information content (AvgIpc) is 2.56. The lowest BCUT2D eigenvalue weighted by atomic mass is 10.1. The van der Waals surface area contributed by atoms with E-state index >= 15 is 0 Å². The van der Waals surface area contributed by atoms with Gasteiger partial charge in [0.2, 0.25) is 0 Å². The average molecular weight is 534 g/mol. The fraction of sp³-hybridized carbons (Fsp3) is 0.923. The molecular weight excluding hydrogens is 515 g/mol. The monoisotopic (exact) mass is 534 g/mol. The van der Waals surface area contributed by atoms with Crippen LogP contribution >= 0.6 is 0 Å². The molecule has 1 N–H and O–H groups in total. The van der Waals surface area contributed by atoms with Crippen LogP contribution in [0.5, 0.6) is 0 Å². The zero-order chi connectivity index (χ0) is 26.0. The Labute approximate surface area is 177 Å². The third-order valence-corrected chi connectivity index (χ3v) is 7.46. The molecule has 0 saturated heterocycles. The minimum Gasteiger partial charge on any atom is -0.461 e. The smallest absolute Gasteiger partial charge is 0.461 e. The molecule has 192 valence electrons. The van der Waals surface area contributed by atoms with Crippen LogP contribution in [0.25, 0.3) is 0 Å². The lowest BCUT2D eigenvalue weighted by Gasteiger charge is -2.31. The van der Waals surface area contributed by atoms with Crippen LogP contribution in [0.4, 0.5) is 39.5 Å². The summed E-state index contributed by atoms with van der Waals surface area (Å²) in [5.74, 6) is -7.02. The molecule has 0 spiro atoms. The normalized spacial score (nSPS) is 15.7. The van der Waals surface area contributed by atoms with Gasteiger partial charge in [-0.3, -0.25) is 4.79 Å². The molecule has 0 bridgehead atoms. The molecule has 1 atom stereocenters. The Morgan fingerprint density at radius 2 is 1.28 bits per heavy atom. The molecule has 1 unspecified atom stereocenters. The van der Waals surface area contributed by atoms with Gasteiger partial charge in [0.15, 0.2) is 0 Å². The first-order valence-corrected chi connectivity index (χ1v) is 11.3. The molecule has 0 aromatic carbocycles. The molecular formula is C13H19F9N2O6S2. The maximum Gasteiger partial charge on any atom is 0.471 e. The van der Waals surface area contributed by atoms with E-state index in [9.17, 15) is 61.1 Å².